The molecule has 0 aliphatic heterocycles. The van der Waals surface area contributed by atoms with Crippen molar-refractivity contribution in [3.8, 4) is 0 Å². The molecule has 0 unspecified atom stereocenters. The van der Waals surface area contributed by atoms with Crippen LogP contribution in [0.15, 0.2) is 48.6 Å². The van der Waals surface area contributed by atoms with Crippen LogP contribution in [0.4, 0.5) is 0 Å². The maximum absolute atomic E-state index is 2.99. The van der Waals surface area contributed by atoms with Gasteiger partial charge in [-0.2, -0.15) is 6.08 Å². The Morgan fingerprint density at radius 1 is 1.12 bits per heavy atom. The first-order valence-electron chi connectivity index (χ1n) is 4.48. The molecule has 0 atom stereocenters. The van der Waals surface area contributed by atoms with Crippen LogP contribution in [0.2, 0.25) is 0 Å². The molecule has 1 aliphatic rings. The third kappa shape index (κ3) is 14.0. The van der Waals surface area contributed by atoms with Crippen molar-refractivity contribution < 1.29 is 21.7 Å². The Labute approximate surface area is 136 Å². The summed E-state index contributed by atoms with van der Waals surface area (Å²) in [6.45, 7) is 0. The molecule has 0 aromatic heterocycles. The fraction of sp³-hybridized carbons (Fsp3) is 0.143. The maximum atomic E-state index is 2.99. The molecule has 2 radical (unpaired) electrons. The molecule has 2 rings (SSSR count). The molecule has 0 nitrogen and oxygen atoms in total. The van der Waals surface area contributed by atoms with Crippen molar-refractivity contribution >= 4 is 27.2 Å². The van der Waals surface area contributed by atoms with E-state index in [4.69, 9.17) is 0 Å². The number of rotatable bonds is 1. The summed E-state index contributed by atoms with van der Waals surface area (Å²) < 4.78 is 0. The van der Waals surface area contributed by atoms with E-state index in [0.29, 0.717) is 0 Å². The van der Waals surface area contributed by atoms with Gasteiger partial charge in [0.2, 0.25) is 0 Å². The van der Waals surface area contributed by atoms with Crippen molar-refractivity contribution in [3.05, 3.63) is 75.1 Å². The van der Waals surface area contributed by atoms with Crippen LogP contribution in [0.3, 0.4) is 0 Å². The molecule has 92 valence electrons. The minimum absolute atomic E-state index is 0. The van der Waals surface area contributed by atoms with Gasteiger partial charge in [-0.05, 0) is 6.04 Å². The topological polar surface area (TPSA) is 0 Å². The molecule has 0 N–H and O–H groups in total. The van der Waals surface area contributed by atoms with Gasteiger partial charge in [-0.25, -0.2) is 12.2 Å². The molecule has 0 saturated heterocycles. The molecule has 0 saturated carbocycles. The van der Waals surface area contributed by atoms with E-state index in [0.717, 1.165) is 6.42 Å². The summed E-state index contributed by atoms with van der Waals surface area (Å²) >= 11 is 0. The molecule has 0 spiro atoms. The first-order valence-corrected chi connectivity index (χ1v) is 5.48. The zero-order valence-electron chi connectivity index (χ0n) is 10.6. The fourth-order valence-corrected chi connectivity index (χ4v) is 1.32. The smallest absolute Gasteiger partial charge is 0.358 e. The van der Waals surface area contributed by atoms with E-state index < -0.39 is 0 Å². The van der Waals surface area contributed by atoms with Crippen LogP contribution in [-0.2, 0) is 27.8 Å². The largest absolute Gasteiger partial charge is 3.00 e. The quantitative estimate of drug-likeness (QED) is 0.539. The Hall–Kier alpha value is 0.111. The van der Waals surface area contributed by atoms with Gasteiger partial charge in [-0.3, -0.25) is 6.08 Å². The van der Waals surface area contributed by atoms with Crippen LogP contribution in [0.5, 0.6) is 0 Å². The number of halogens is 1. The zero-order chi connectivity index (χ0) is 9.36. The van der Waals surface area contributed by atoms with E-state index in [-0.39, 0.29) is 53.6 Å². The van der Waals surface area contributed by atoms with Gasteiger partial charge in [0.25, 0.3) is 0 Å². The fourth-order valence-electron chi connectivity index (χ4n) is 0.985. The second kappa shape index (κ2) is 18.5. The van der Waals surface area contributed by atoms with Gasteiger partial charge >= 0.3 is 21.7 Å². The third-order valence-electron chi connectivity index (χ3n) is 1.72. The molecular formula is C14H21BrSiTi. The van der Waals surface area contributed by atoms with Gasteiger partial charge in [-0.1, -0.05) is 35.9 Å². The van der Waals surface area contributed by atoms with Crippen LogP contribution < -0.4 is 0 Å². The van der Waals surface area contributed by atoms with Gasteiger partial charge < -0.3 is 14.9 Å². The molecule has 0 heterocycles. The summed E-state index contributed by atoms with van der Waals surface area (Å²) in [5, 5.41) is 0. The van der Waals surface area contributed by atoms with E-state index in [1.165, 1.54) is 11.6 Å². The van der Waals surface area contributed by atoms with E-state index in [1.54, 1.807) is 0 Å². The van der Waals surface area contributed by atoms with Gasteiger partial charge in [0.05, 0.1) is 0 Å². The third-order valence-corrected chi connectivity index (χ3v) is 2.29. The zero-order valence-corrected chi connectivity index (χ0v) is 15.3. The van der Waals surface area contributed by atoms with Crippen molar-refractivity contribution in [2.24, 2.45) is 0 Å². The Balaban J connectivity index is -0.0000000849. The summed E-state index contributed by atoms with van der Waals surface area (Å²) in [6.07, 6.45) is 10.0. The average molecular weight is 345 g/mol. The predicted octanol–water partition coefficient (Wildman–Crippen LogP) is 3.60. The van der Waals surface area contributed by atoms with Crippen molar-refractivity contribution in [2.75, 3.05) is 0 Å². The second-order valence-electron chi connectivity index (χ2n) is 2.74. The van der Waals surface area contributed by atoms with Gasteiger partial charge in [-0.15, -0.1) is 23.4 Å². The van der Waals surface area contributed by atoms with Crippen LogP contribution in [0, 0.1) is 20.9 Å². The standard InChI is InChI=1S/C7H9Si.C5H5.2CH3.BrH.Ti/c8-6-7-4-2-1-3-5-7;1-2-4-5-3-1;;;;/h1-5H,6,8H2;1-3H,4H2;2*1H3;1H;/q;3*-1;;+3. The van der Waals surface area contributed by atoms with Crippen molar-refractivity contribution in [3.63, 3.8) is 0 Å². The van der Waals surface area contributed by atoms with E-state index in [1.807, 2.05) is 28.5 Å². The maximum Gasteiger partial charge on any atom is 3.00 e. The normalized spacial score (nSPS) is 9.47. The van der Waals surface area contributed by atoms with Crippen molar-refractivity contribution in [2.45, 2.75) is 12.5 Å². The second-order valence-corrected chi connectivity index (χ2v) is 3.24. The SMILES string of the molecule is Br.[C-]1=CC=CC1.[CH3-].[CH3-].[SiH2]Cc1ccccc1.[Ti+3]. The summed E-state index contributed by atoms with van der Waals surface area (Å²) in [4.78, 5) is 0. The molecule has 1 aromatic rings. The Kier molecular flexibility index (Phi) is 28.1. The molecule has 0 amide bonds. The van der Waals surface area contributed by atoms with Gasteiger partial charge in [0.15, 0.2) is 0 Å². The molecule has 0 bridgehead atoms. The van der Waals surface area contributed by atoms with Crippen LogP contribution in [0.25, 0.3) is 0 Å². The van der Waals surface area contributed by atoms with Crippen LogP contribution in [0.1, 0.15) is 12.0 Å². The minimum atomic E-state index is 0. The first kappa shape index (κ1) is 25.8. The van der Waals surface area contributed by atoms with Gasteiger partial charge in [0, 0.05) is 10.2 Å². The van der Waals surface area contributed by atoms with E-state index in [9.17, 15) is 0 Å². The summed E-state index contributed by atoms with van der Waals surface area (Å²) in [6, 6.07) is 11.6. The van der Waals surface area contributed by atoms with Crippen LogP contribution in [-0.4, -0.2) is 10.2 Å². The number of allylic oxidation sites excluding steroid dienone is 4. The minimum Gasteiger partial charge on any atom is -0.358 e. The number of hydrogen-bond donors (Lipinski definition) is 0. The summed E-state index contributed by atoms with van der Waals surface area (Å²) in [5.74, 6) is 0. The number of hydrogen-bond acceptors (Lipinski definition) is 0. The Bertz CT molecular complexity index is 274. The van der Waals surface area contributed by atoms with Crippen molar-refractivity contribution in [1.29, 1.82) is 0 Å². The molecule has 1 aromatic carbocycles. The monoisotopic (exact) mass is 344 g/mol. The molecule has 0 fully saturated rings. The Morgan fingerprint density at radius 3 is 1.94 bits per heavy atom. The van der Waals surface area contributed by atoms with Gasteiger partial charge in [0.1, 0.15) is 0 Å². The summed E-state index contributed by atoms with van der Waals surface area (Å²) in [7, 11) is 1.98. The first-order chi connectivity index (χ1) is 6.43. The van der Waals surface area contributed by atoms with E-state index >= 15 is 0 Å². The number of benzene rings is 1. The molecule has 3 heteroatoms. The van der Waals surface area contributed by atoms with Crippen molar-refractivity contribution in [1.82, 2.24) is 0 Å². The molecule has 17 heavy (non-hydrogen) atoms. The van der Waals surface area contributed by atoms with Crippen LogP contribution >= 0.6 is 17.0 Å². The Morgan fingerprint density at radius 2 is 1.71 bits per heavy atom. The average Bonchev–Trinajstić information content (AvgIpc) is 2.77. The molecule has 1 aliphatic carbocycles. The van der Waals surface area contributed by atoms with E-state index in [2.05, 4.69) is 36.4 Å². The molecular weight excluding hydrogens is 324 g/mol. The summed E-state index contributed by atoms with van der Waals surface area (Å²) in [5.41, 5.74) is 1.42. The predicted molar refractivity (Wildman–Crippen MR) is 83.4 cm³/mol.